The highest BCUT2D eigenvalue weighted by Gasteiger charge is 1.99. The largest absolute Gasteiger partial charge is 0.377 e. The van der Waals surface area contributed by atoms with E-state index in [0.29, 0.717) is 0 Å². The van der Waals surface area contributed by atoms with E-state index >= 15 is 0 Å². The fourth-order valence-corrected chi connectivity index (χ4v) is 1.02. The lowest BCUT2D eigenvalue weighted by molar-refractivity contribution is 0.297. The first kappa shape index (κ1) is 13.2. The number of hydrogen-bond acceptors (Lipinski definition) is 2. The third kappa shape index (κ3) is 5.81. The van der Waals surface area contributed by atoms with Crippen molar-refractivity contribution >= 4 is 0 Å². The number of likely N-dealkylation sites (N-methyl/N-ethyl adjacent to an activating group) is 2. The first-order valence-electron chi connectivity index (χ1n) is 5.31. The van der Waals surface area contributed by atoms with Crippen molar-refractivity contribution in [3.63, 3.8) is 0 Å². The zero-order chi connectivity index (χ0) is 11.0. The van der Waals surface area contributed by atoms with Crippen molar-refractivity contribution in [3.8, 4) is 0 Å². The van der Waals surface area contributed by atoms with Crippen LogP contribution in [-0.4, -0.2) is 43.5 Å². The minimum atomic E-state index is 1.09. The molecule has 0 radical (unpaired) electrons. The number of hydrogen-bond donors (Lipinski definition) is 0. The van der Waals surface area contributed by atoms with Crippen molar-refractivity contribution in [1.29, 1.82) is 0 Å². The Morgan fingerprint density at radius 2 is 1.86 bits per heavy atom. The van der Waals surface area contributed by atoms with E-state index < -0.39 is 0 Å². The van der Waals surface area contributed by atoms with Crippen molar-refractivity contribution in [2.75, 3.05) is 33.7 Å². The number of nitrogens with zero attached hydrogens (tertiary/aromatic N) is 2. The molecule has 0 unspecified atom stereocenters. The standard InChI is InChI=1S/C12H24N2/c1-6-8-9-12(3)14(5)11-10-13(4)7-2/h6,8-9H,7,10-11H2,1-5H3/b8-6-,12-9+. The predicted molar refractivity (Wildman–Crippen MR) is 64.4 cm³/mol. The monoisotopic (exact) mass is 196 g/mol. The molecule has 0 heterocycles. The molecule has 0 N–H and O–H groups in total. The predicted octanol–water partition coefficient (Wildman–Crippen LogP) is 2.35. The fourth-order valence-electron chi connectivity index (χ4n) is 1.02. The molecule has 2 nitrogen and oxygen atoms in total. The summed E-state index contributed by atoms with van der Waals surface area (Å²) < 4.78 is 0. The van der Waals surface area contributed by atoms with Crippen LogP contribution in [0, 0.1) is 0 Å². The second kappa shape index (κ2) is 7.63. The molecular formula is C12H24N2. The van der Waals surface area contributed by atoms with Gasteiger partial charge in [0.2, 0.25) is 0 Å². The highest BCUT2D eigenvalue weighted by Crippen LogP contribution is 2.00. The quantitative estimate of drug-likeness (QED) is 0.602. The molecule has 0 saturated heterocycles. The summed E-state index contributed by atoms with van der Waals surface area (Å²) in [5.41, 5.74) is 1.31. The number of allylic oxidation sites excluding steroid dienone is 4. The molecule has 0 aliphatic rings. The van der Waals surface area contributed by atoms with Gasteiger partial charge in [-0.25, -0.2) is 0 Å². The minimum Gasteiger partial charge on any atom is -0.377 e. The van der Waals surface area contributed by atoms with E-state index in [0.717, 1.165) is 19.6 Å². The maximum absolute atomic E-state index is 2.32. The Labute approximate surface area is 88.9 Å². The molecule has 0 aliphatic heterocycles. The summed E-state index contributed by atoms with van der Waals surface area (Å²) >= 11 is 0. The fraction of sp³-hybridized carbons (Fsp3) is 0.667. The van der Waals surface area contributed by atoms with E-state index in [9.17, 15) is 0 Å². The van der Waals surface area contributed by atoms with E-state index in [1.807, 2.05) is 6.92 Å². The molecule has 0 amide bonds. The van der Waals surface area contributed by atoms with E-state index in [2.05, 4.69) is 56.0 Å². The molecule has 0 aliphatic carbocycles. The van der Waals surface area contributed by atoms with Gasteiger partial charge in [-0.1, -0.05) is 19.1 Å². The molecule has 0 fully saturated rings. The molecule has 0 aromatic rings. The first-order valence-corrected chi connectivity index (χ1v) is 5.31. The third-order valence-electron chi connectivity index (χ3n) is 2.49. The molecule has 0 spiro atoms. The van der Waals surface area contributed by atoms with Crippen LogP contribution in [0.4, 0.5) is 0 Å². The lowest BCUT2D eigenvalue weighted by Gasteiger charge is -2.23. The van der Waals surface area contributed by atoms with Gasteiger partial charge >= 0.3 is 0 Å². The van der Waals surface area contributed by atoms with Gasteiger partial charge in [-0.15, -0.1) is 0 Å². The van der Waals surface area contributed by atoms with Gasteiger partial charge in [-0.2, -0.15) is 0 Å². The van der Waals surface area contributed by atoms with Crippen LogP contribution in [0.3, 0.4) is 0 Å². The Hall–Kier alpha value is -0.760. The first-order chi connectivity index (χ1) is 6.61. The molecule has 2 heteroatoms. The van der Waals surface area contributed by atoms with Crippen LogP contribution >= 0.6 is 0 Å². The average Bonchev–Trinajstić information content (AvgIpc) is 2.21. The molecule has 0 aromatic carbocycles. The molecule has 14 heavy (non-hydrogen) atoms. The van der Waals surface area contributed by atoms with Crippen molar-refractivity contribution in [3.05, 3.63) is 23.9 Å². The maximum Gasteiger partial charge on any atom is 0.0299 e. The minimum absolute atomic E-state index is 1.09. The molecule has 0 aromatic heterocycles. The van der Waals surface area contributed by atoms with Crippen molar-refractivity contribution in [2.45, 2.75) is 20.8 Å². The highest BCUT2D eigenvalue weighted by molar-refractivity contribution is 5.08. The summed E-state index contributed by atoms with van der Waals surface area (Å²) in [5.74, 6) is 0. The zero-order valence-electron chi connectivity index (χ0n) is 10.2. The van der Waals surface area contributed by atoms with Gasteiger partial charge in [0.1, 0.15) is 0 Å². The smallest absolute Gasteiger partial charge is 0.0299 e. The zero-order valence-corrected chi connectivity index (χ0v) is 10.2. The van der Waals surface area contributed by atoms with Gasteiger partial charge in [0, 0.05) is 25.8 Å². The molecule has 0 saturated carbocycles. The summed E-state index contributed by atoms with van der Waals surface area (Å²) in [6.45, 7) is 9.69. The van der Waals surface area contributed by atoms with Gasteiger partial charge in [0.25, 0.3) is 0 Å². The van der Waals surface area contributed by atoms with E-state index in [1.54, 1.807) is 0 Å². The SMILES string of the molecule is C/C=C\C=C(/C)N(C)CCN(C)CC. The van der Waals surface area contributed by atoms with Gasteiger partial charge in [-0.3, -0.25) is 0 Å². The summed E-state index contributed by atoms with van der Waals surface area (Å²) in [7, 11) is 4.29. The van der Waals surface area contributed by atoms with Gasteiger partial charge < -0.3 is 9.80 Å². The van der Waals surface area contributed by atoms with Crippen molar-refractivity contribution in [1.82, 2.24) is 9.80 Å². The maximum atomic E-state index is 2.32. The van der Waals surface area contributed by atoms with Crippen molar-refractivity contribution in [2.24, 2.45) is 0 Å². The van der Waals surface area contributed by atoms with Crippen LogP contribution in [0.15, 0.2) is 23.9 Å². The Kier molecular flexibility index (Phi) is 7.21. The summed E-state index contributed by atoms with van der Waals surface area (Å²) in [5, 5.41) is 0. The average molecular weight is 196 g/mol. The second-order valence-corrected chi connectivity index (χ2v) is 3.65. The summed E-state index contributed by atoms with van der Waals surface area (Å²) in [6.07, 6.45) is 6.27. The Bertz CT molecular complexity index is 194. The van der Waals surface area contributed by atoms with Gasteiger partial charge in [0.05, 0.1) is 0 Å². The van der Waals surface area contributed by atoms with Crippen LogP contribution in [0.2, 0.25) is 0 Å². The molecule has 0 bridgehead atoms. The van der Waals surface area contributed by atoms with Crippen LogP contribution in [0.1, 0.15) is 20.8 Å². The summed E-state index contributed by atoms with van der Waals surface area (Å²) in [6, 6.07) is 0. The molecule has 82 valence electrons. The van der Waals surface area contributed by atoms with E-state index in [4.69, 9.17) is 0 Å². The van der Waals surface area contributed by atoms with Gasteiger partial charge in [0.15, 0.2) is 0 Å². The van der Waals surface area contributed by atoms with Gasteiger partial charge in [-0.05, 0) is 33.5 Å². The molecule has 0 rings (SSSR count). The molecular weight excluding hydrogens is 172 g/mol. The van der Waals surface area contributed by atoms with Crippen molar-refractivity contribution < 1.29 is 0 Å². The van der Waals surface area contributed by atoms with Crippen LogP contribution in [-0.2, 0) is 0 Å². The van der Waals surface area contributed by atoms with Crippen LogP contribution in [0.5, 0.6) is 0 Å². The Balaban J connectivity index is 3.89. The Morgan fingerprint density at radius 3 is 2.36 bits per heavy atom. The highest BCUT2D eigenvalue weighted by atomic mass is 15.2. The topological polar surface area (TPSA) is 6.48 Å². The lowest BCUT2D eigenvalue weighted by Crippen LogP contribution is -2.29. The summed E-state index contributed by atoms with van der Waals surface area (Å²) in [4.78, 5) is 4.60. The van der Waals surface area contributed by atoms with Crippen LogP contribution in [0.25, 0.3) is 0 Å². The third-order valence-corrected chi connectivity index (χ3v) is 2.49. The second-order valence-electron chi connectivity index (χ2n) is 3.65. The Morgan fingerprint density at radius 1 is 1.21 bits per heavy atom. The van der Waals surface area contributed by atoms with E-state index in [1.165, 1.54) is 5.70 Å². The van der Waals surface area contributed by atoms with Crippen LogP contribution < -0.4 is 0 Å². The normalized spacial score (nSPS) is 12.9. The number of rotatable bonds is 6. The lowest BCUT2D eigenvalue weighted by atomic mass is 10.3. The van der Waals surface area contributed by atoms with E-state index in [-0.39, 0.29) is 0 Å². The molecule has 0 atom stereocenters.